The van der Waals surface area contributed by atoms with Gasteiger partial charge in [-0.25, -0.2) is 0 Å². The van der Waals surface area contributed by atoms with Gasteiger partial charge in [-0.15, -0.1) is 0 Å². The molecule has 1 heterocycles. The predicted octanol–water partition coefficient (Wildman–Crippen LogP) is 1.80. The summed E-state index contributed by atoms with van der Waals surface area (Å²) >= 11 is 0. The van der Waals surface area contributed by atoms with Crippen LogP contribution in [0.15, 0.2) is 54.9 Å². The van der Waals surface area contributed by atoms with Crippen LogP contribution in [0.3, 0.4) is 0 Å². The number of carbonyl (C=O) groups excluding carboxylic acids is 3. The summed E-state index contributed by atoms with van der Waals surface area (Å²) in [6.07, 6.45) is 4.66. The highest BCUT2D eigenvalue weighted by molar-refractivity contribution is 5.93. The van der Waals surface area contributed by atoms with Crippen molar-refractivity contribution in [2.24, 2.45) is 11.7 Å². The van der Waals surface area contributed by atoms with E-state index in [2.05, 4.69) is 15.6 Å². The molecule has 1 aromatic carbocycles. The summed E-state index contributed by atoms with van der Waals surface area (Å²) in [4.78, 5) is 41.9. The van der Waals surface area contributed by atoms with E-state index in [0.717, 1.165) is 17.5 Å². The van der Waals surface area contributed by atoms with Crippen molar-refractivity contribution < 1.29 is 14.4 Å². The molecule has 0 aliphatic carbocycles. The van der Waals surface area contributed by atoms with E-state index in [1.165, 1.54) is 6.92 Å². The van der Waals surface area contributed by atoms with Crippen LogP contribution < -0.4 is 16.4 Å². The Morgan fingerprint density at radius 1 is 0.935 bits per heavy atom. The molecule has 0 aliphatic heterocycles. The van der Waals surface area contributed by atoms with Gasteiger partial charge >= 0.3 is 0 Å². The van der Waals surface area contributed by atoms with Gasteiger partial charge in [0, 0.05) is 18.8 Å². The number of hydrogen-bond donors (Lipinski definition) is 3. The second kappa shape index (κ2) is 12.0. The van der Waals surface area contributed by atoms with Crippen LogP contribution in [0.1, 0.15) is 38.3 Å². The second-order valence-corrected chi connectivity index (χ2v) is 7.90. The van der Waals surface area contributed by atoms with Crippen molar-refractivity contribution in [1.29, 1.82) is 0 Å². The highest BCUT2D eigenvalue weighted by atomic mass is 16.2. The second-order valence-electron chi connectivity index (χ2n) is 7.90. The lowest BCUT2D eigenvalue weighted by molar-refractivity contribution is -0.132. The van der Waals surface area contributed by atoms with E-state index >= 15 is 0 Å². The van der Waals surface area contributed by atoms with Crippen molar-refractivity contribution in [2.75, 3.05) is 0 Å². The minimum Gasteiger partial charge on any atom is -0.344 e. The van der Waals surface area contributed by atoms with Gasteiger partial charge in [0.15, 0.2) is 5.78 Å². The van der Waals surface area contributed by atoms with Gasteiger partial charge in [0.05, 0.1) is 12.1 Å². The summed E-state index contributed by atoms with van der Waals surface area (Å²) in [6.45, 7) is 5.35. The molecule has 7 heteroatoms. The maximum absolute atomic E-state index is 13.1. The van der Waals surface area contributed by atoms with Crippen LogP contribution in [-0.4, -0.2) is 40.7 Å². The third-order valence-electron chi connectivity index (χ3n) is 5.41. The standard InChI is InChI=1S/C24H32N4O3/c1-4-16(2)22(17(3)29)28-24(31)21(15-18-8-6-5-7-9-18)27-23(30)20(25)14-19-10-12-26-13-11-19/h5-13,16,20-22H,4,14-15,25H2,1-3H3,(H,27,30)(H,28,31)/t16-,20-,21-,22-/m0/s1. The van der Waals surface area contributed by atoms with Crippen LogP contribution in [0, 0.1) is 5.92 Å². The number of amides is 2. The van der Waals surface area contributed by atoms with Crippen LogP contribution in [0.25, 0.3) is 0 Å². The van der Waals surface area contributed by atoms with Gasteiger partial charge in [-0.3, -0.25) is 19.4 Å². The molecule has 0 unspecified atom stereocenters. The average molecular weight is 425 g/mol. The molecule has 0 radical (unpaired) electrons. The molecular formula is C24H32N4O3. The number of nitrogens with one attached hydrogen (secondary N) is 2. The molecule has 0 spiro atoms. The van der Waals surface area contributed by atoms with Gasteiger partial charge in [-0.05, 0) is 42.5 Å². The molecule has 7 nitrogen and oxygen atoms in total. The largest absolute Gasteiger partial charge is 0.344 e. The normalized spacial score (nSPS) is 14.7. The van der Waals surface area contributed by atoms with Crippen molar-refractivity contribution in [2.45, 2.75) is 58.2 Å². The number of nitrogens with two attached hydrogens (primary N) is 1. The fraction of sp³-hybridized carbons (Fsp3) is 0.417. The molecule has 0 saturated heterocycles. The molecule has 2 rings (SSSR count). The number of aromatic nitrogens is 1. The third-order valence-corrected chi connectivity index (χ3v) is 5.41. The minimum atomic E-state index is -0.843. The van der Waals surface area contributed by atoms with E-state index in [9.17, 15) is 14.4 Å². The van der Waals surface area contributed by atoms with E-state index in [4.69, 9.17) is 5.73 Å². The Labute approximate surface area is 183 Å². The Morgan fingerprint density at radius 3 is 2.13 bits per heavy atom. The van der Waals surface area contributed by atoms with Crippen molar-refractivity contribution in [3.05, 3.63) is 66.0 Å². The Balaban J connectivity index is 2.14. The quantitative estimate of drug-likeness (QED) is 0.509. The van der Waals surface area contributed by atoms with Crippen LogP contribution in [0.5, 0.6) is 0 Å². The molecule has 166 valence electrons. The van der Waals surface area contributed by atoms with E-state index in [0.29, 0.717) is 12.8 Å². The number of carbonyl (C=O) groups is 3. The summed E-state index contributed by atoms with van der Waals surface area (Å²) < 4.78 is 0. The van der Waals surface area contributed by atoms with Crippen LogP contribution in [-0.2, 0) is 27.2 Å². The van der Waals surface area contributed by atoms with Crippen molar-refractivity contribution >= 4 is 17.6 Å². The lowest BCUT2D eigenvalue weighted by atomic mass is 9.95. The minimum absolute atomic E-state index is 0.0107. The topological polar surface area (TPSA) is 114 Å². The number of rotatable bonds is 11. The van der Waals surface area contributed by atoms with Gasteiger partial charge in [0.2, 0.25) is 11.8 Å². The molecule has 2 aromatic rings. The number of benzene rings is 1. The van der Waals surface area contributed by atoms with Crippen molar-refractivity contribution in [3.63, 3.8) is 0 Å². The number of pyridine rings is 1. The van der Waals surface area contributed by atoms with Crippen LogP contribution in [0.2, 0.25) is 0 Å². The first-order chi connectivity index (χ1) is 14.8. The van der Waals surface area contributed by atoms with Gasteiger partial charge in [-0.2, -0.15) is 0 Å². The monoisotopic (exact) mass is 424 g/mol. The number of Topliss-reactive ketones (excluding diaryl/α,β-unsaturated/α-hetero) is 1. The van der Waals surface area contributed by atoms with Crippen LogP contribution in [0.4, 0.5) is 0 Å². The van der Waals surface area contributed by atoms with Crippen LogP contribution >= 0.6 is 0 Å². The molecule has 4 N–H and O–H groups in total. The van der Waals surface area contributed by atoms with E-state index in [1.54, 1.807) is 24.5 Å². The highest BCUT2D eigenvalue weighted by Gasteiger charge is 2.29. The lowest BCUT2D eigenvalue weighted by Crippen LogP contribution is -2.56. The first-order valence-corrected chi connectivity index (χ1v) is 10.6. The zero-order valence-electron chi connectivity index (χ0n) is 18.4. The summed E-state index contributed by atoms with van der Waals surface area (Å²) in [5, 5.41) is 5.61. The smallest absolute Gasteiger partial charge is 0.243 e. The SMILES string of the molecule is CC[C@H](C)[C@H](NC(=O)[C@H](Cc1ccccc1)NC(=O)[C@@H](N)Cc1ccncc1)C(C)=O. The van der Waals surface area contributed by atoms with E-state index < -0.39 is 29.9 Å². The summed E-state index contributed by atoms with van der Waals surface area (Å²) in [5.41, 5.74) is 7.87. The fourth-order valence-corrected chi connectivity index (χ4v) is 3.34. The Bertz CT molecular complexity index is 858. The van der Waals surface area contributed by atoms with Gasteiger partial charge in [0.1, 0.15) is 6.04 Å². The van der Waals surface area contributed by atoms with E-state index in [1.807, 2.05) is 44.2 Å². The van der Waals surface area contributed by atoms with Crippen molar-refractivity contribution in [1.82, 2.24) is 15.6 Å². The molecule has 0 aliphatic rings. The highest BCUT2D eigenvalue weighted by Crippen LogP contribution is 2.11. The summed E-state index contributed by atoms with van der Waals surface area (Å²) in [5.74, 6) is -0.935. The van der Waals surface area contributed by atoms with Crippen molar-refractivity contribution in [3.8, 4) is 0 Å². The van der Waals surface area contributed by atoms with Gasteiger partial charge < -0.3 is 16.4 Å². The maximum Gasteiger partial charge on any atom is 0.243 e. The lowest BCUT2D eigenvalue weighted by Gasteiger charge is -2.26. The molecule has 0 bridgehead atoms. The molecule has 2 amide bonds. The molecule has 4 atom stereocenters. The third kappa shape index (κ3) is 7.61. The van der Waals surface area contributed by atoms with E-state index in [-0.39, 0.29) is 11.7 Å². The Kier molecular flexibility index (Phi) is 9.34. The number of nitrogens with zero attached hydrogens (tertiary/aromatic N) is 1. The number of hydrogen-bond acceptors (Lipinski definition) is 5. The molecule has 0 saturated carbocycles. The maximum atomic E-state index is 13.1. The Hall–Kier alpha value is -3.06. The van der Waals surface area contributed by atoms with Gasteiger partial charge in [0.25, 0.3) is 0 Å². The summed E-state index contributed by atoms with van der Waals surface area (Å²) in [6, 6.07) is 10.7. The Morgan fingerprint density at radius 2 is 1.55 bits per heavy atom. The predicted molar refractivity (Wildman–Crippen MR) is 120 cm³/mol. The number of ketones is 1. The van der Waals surface area contributed by atoms with Gasteiger partial charge in [-0.1, -0.05) is 50.6 Å². The molecular weight excluding hydrogens is 392 g/mol. The molecule has 31 heavy (non-hydrogen) atoms. The molecule has 0 fully saturated rings. The zero-order valence-corrected chi connectivity index (χ0v) is 18.4. The zero-order chi connectivity index (χ0) is 22.8. The molecule has 1 aromatic heterocycles. The fourth-order valence-electron chi connectivity index (χ4n) is 3.34. The summed E-state index contributed by atoms with van der Waals surface area (Å²) in [7, 11) is 0. The first-order valence-electron chi connectivity index (χ1n) is 10.6. The average Bonchev–Trinajstić information content (AvgIpc) is 2.77. The first kappa shape index (κ1) is 24.2.